The molecule has 2 N–H and O–H groups in total. The Hall–Kier alpha value is -2.67. The molecule has 0 bridgehead atoms. The Morgan fingerprint density at radius 1 is 1.24 bits per heavy atom. The van der Waals surface area contributed by atoms with Crippen LogP contribution in [0, 0.1) is 0 Å². The average molecular weight is 357 g/mol. The Labute approximate surface area is 149 Å². The van der Waals surface area contributed by atoms with Gasteiger partial charge in [0.15, 0.2) is 6.04 Å². The Kier molecular flexibility index (Phi) is 4.59. The predicted octanol–water partition coefficient (Wildman–Crippen LogP) is 3.31. The van der Waals surface area contributed by atoms with E-state index in [1.165, 1.54) is 11.3 Å². The lowest BCUT2D eigenvalue weighted by molar-refractivity contribution is -0.139. The third kappa shape index (κ3) is 3.28. The molecule has 0 unspecified atom stereocenters. The first-order valence-corrected chi connectivity index (χ1v) is 8.75. The fourth-order valence-corrected chi connectivity index (χ4v) is 3.72. The Balaban J connectivity index is 1.91. The number of rotatable bonds is 5. The van der Waals surface area contributed by atoms with Crippen molar-refractivity contribution < 1.29 is 14.7 Å². The van der Waals surface area contributed by atoms with E-state index in [4.69, 9.17) is 0 Å². The number of aryl methyl sites for hydroxylation is 1. The molecule has 0 radical (unpaired) electrons. The van der Waals surface area contributed by atoms with Crippen LogP contribution < -0.4 is 5.32 Å². The van der Waals surface area contributed by atoms with Crippen molar-refractivity contribution in [3.63, 3.8) is 0 Å². The quantitative estimate of drug-likeness (QED) is 0.734. The molecule has 0 aliphatic heterocycles. The number of nitrogens with one attached hydrogen (secondary N) is 1. The van der Waals surface area contributed by atoms with Gasteiger partial charge in [0, 0.05) is 12.4 Å². The van der Waals surface area contributed by atoms with Crippen molar-refractivity contribution in [2.24, 2.45) is 7.05 Å². The molecule has 1 aromatic carbocycles. The van der Waals surface area contributed by atoms with Gasteiger partial charge in [-0.15, -0.1) is 11.3 Å². The summed E-state index contributed by atoms with van der Waals surface area (Å²) in [6, 6.07) is 9.38. The maximum Gasteiger partial charge on any atom is 0.330 e. The second-order valence-electron chi connectivity index (χ2n) is 6.15. The zero-order chi connectivity index (χ0) is 18.1. The molecule has 0 aliphatic carbocycles. The van der Waals surface area contributed by atoms with E-state index in [9.17, 15) is 14.7 Å². The molecule has 25 heavy (non-hydrogen) atoms. The van der Waals surface area contributed by atoms with Crippen LogP contribution >= 0.6 is 11.3 Å². The Morgan fingerprint density at radius 2 is 1.92 bits per heavy atom. The van der Waals surface area contributed by atoms with Crippen molar-refractivity contribution in [2.75, 3.05) is 0 Å². The first-order valence-electron chi connectivity index (χ1n) is 7.93. The standard InChI is InChI=1S/C18H19N3O3S/c1-10(2)14-12-9-13(25-17(12)21(3)20-14)16(22)19-15(18(23)24)11-7-5-4-6-8-11/h4-10,15H,1-3H3,(H,19,22)(H,23,24)/t15-/m1/s1. The van der Waals surface area contributed by atoms with Crippen LogP contribution in [0.15, 0.2) is 36.4 Å². The van der Waals surface area contributed by atoms with E-state index in [2.05, 4.69) is 24.3 Å². The van der Waals surface area contributed by atoms with Gasteiger partial charge in [-0.25, -0.2) is 4.79 Å². The molecular weight excluding hydrogens is 338 g/mol. The van der Waals surface area contributed by atoms with Gasteiger partial charge in [-0.3, -0.25) is 9.48 Å². The number of aromatic nitrogens is 2. The number of carbonyl (C=O) groups excluding carboxylic acids is 1. The minimum Gasteiger partial charge on any atom is -0.479 e. The topological polar surface area (TPSA) is 84.2 Å². The first-order chi connectivity index (χ1) is 11.9. The SMILES string of the molecule is CC(C)c1nn(C)c2sc(C(=O)N[C@@H](C(=O)O)c3ccccc3)cc12. The summed E-state index contributed by atoms with van der Waals surface area (Å²) in [5, 5.41) is 17.5. The van der Waals surface area contributed by atoms with E-state index in [0.29, 0.717) is 10.4 Å². The van der Waals surface area contributed by atoms with Gasteiger partial charge >= 0.3 is 5.97 Å². The molecular formula is C18H19N3O3S. The van der Waals surface area contributed by atoms with Crippen molar-refractivity contribution in [1.29, 1.82) is 0 Å². The molecule has 0 fully saturated rings. The number of thiophene rings is 1. The number of hydrogen-bond acceptors (Lipinski definition) is 4. The monoisotopic (exact) mass is 357 g/mol. The summed E-state index contributed by atoms with van der Waals surface area (Å²) in [6.45, 7) is 4.10. The third-order valence-corrected chi connectivity index (χ3v) is 5.17. The number of hydrogen-bond donors (Lipinski definition) is 2. The first kappa shape index (κ1) is 17.2. The summed E-state index contributed by atoms with van der Waals surface area (Å²) >= 11 is 1.31. The highest BCUT2D eigenvalue weighted by Crippen LogP contribution is 2.31. The number of carbonyl (C=O) groups is 2. The van der Waals surface area contributed by atoms with Crippen molar-refractivity contribution in [2.45, 2.75) is 25.8 Å². The van der Waals surface area contributed by atoms with Crippen LogP contribution in [0.1, 0.15) is 46.7 Å². The van der Waals surface area contributed by atoms with Crippen LogP contribution in [-0.2, 0) is 11.8 Å². The zero-order valence-electron chi connectivity index (χ0n) is 14.2. The van der Waals surface area contributed by atoms with Crippen molar-refractivity contribution in [1.82, 2.24) is 15.1 Å². The zero-order valence-corrected chi connectivity index (χ0v) is 15.0. The predicted molar refractivity (Wildman–Crippen MR) is 97.0 cm³/mol. The molecule has 2 aromatic heterocycles. The van der Waals surface area contributed by atoms with E-state index >= 15 is 0 Å². The van der Waals surface area contributed by atoms with Gasteiger partial charge in [-0.1, -0.05) is 44.2 Å². The van der Waals surface area contributed by atoms with Crippen LogP contribution in [0.4, 0.5) is 0 Å². The fraction of sp³-hybridized carbons (Fsp3) is 0.278. The summed E-state index contributed by atoms with van der Waals surface area (Å²) in [6.07, 6.45) is 0. The van der Waals surface area contributed by atoms with Crippen LogP contribution in [0.25, 0.3) is 10.2 Å². The molecule has 0 aliphatic rings. The number of carboxylic acids is 1. The van der Waals surface area contributed by atoms with Crippen LogP contribution in [-0.4, -0.2) is 26.8 Å². The van der Waals surface area contributed by atoms with Crippen LogP contribution in [0.5, 0.6) is 0 Å². The number of aliphatic carboxylic acids is 1. The second-order valence-corrected chi connectivity index (χ2v) is 7.18. The van der Waals surface area contributed by atoms with Crippen LogP contribution in [0.3, 0.4) is 0 Å². The maximum absolute atomic E-state index is 12.6. The Morgan fingerprint density at radius 3 is 2.52 bits per heavy atom. The third-order valence-electron chi connectivity index (χ3n) is 3.97. The lowest BCUT2D eigenvalue weighted by Crippen LogP contribution is -2.33. The molecule has 2 heterocycles. The lowest BCUT2D eigenvalue weighted by Gasteiger charge is -2.14. The summed E-state index contributed by atoms with van der Waals surface area (Å²) in [5.41, 5.74) is 1.47. The molecule has 0 saturated heterocycles. The highest BCUT2D eigenvalue weighted by atomic mass is 32.1. The highest BCUT2D eigenvalue weighted by Gasteiger charge is 2.24. The van der Waals surface area contributed by atoms with Gasteiger partial charge in [0.05, 0.1) is 10.6 Å². The number of carboxylic acid groups (broad SMARTS) is 1. The molecule has 0 spiro atoms. The van der Waals surface area contributed by atoms with E-state index in [1.54, 1.807) is 41.1 Å². The minimum atomic E-state index is -1.09. The van der Waals surface area contributed by atoms with Crippen molar-refractivity contribution >= 4 is 33.4 Å². The van der Waals surface area contributed by atoms with Crippen molar-refractivity contribution in [3.8, 4) is 0 Å². The normalized spacial score (nSPS) is 12.5. The van der Waals surface area contributed by atoms with Gasteiger partial charge in [-0.2, -0.15) is 5.10 Å². The summed E-state index contributed by atoms with van der Waals surface area (Å²) in [5.74, 6) is -1.25. The van der Waals surface area contributed by atoms with E-state index < -0.39 is 17.9 Å². The van der Waals surface area contributed by atoms with Gasteiger partial charge in [-0.05, 0) is 17.5 Å². The molecule has 6 nitrogen and oxygen atoms in total. The summed E-state index contributed by atoms with van der Waals surface area (Å²) in [7, 11) is 1.84. The van der Waals surface area contributed by atoms with Gasteiger partial charge < -0.3 is 10.4 Å². The maximum atomic E-state index is 12.6. The molecule has 1 amide bonds. The molecule has 7 heteroatoms. The van der Waals surface area contributed by atoms with Gasteiger partial charge in [0.25, 0.3) is 5.91 Å². The average Bonchev–Trinajstić information content (AvgIpc) is 3.14. The van der Waals surface area contributed by atoms with E-state index in [0.717, 1.165) is 15.9 Å². The largest absolute Gasteiger partial charge is 0.479 e. The molecule has 130 valence electrons. The fourth-order valence-electron chi connectivity index (χ4n) is 2.74. The number of benzene rings is 1. The Bertz CT molecular complexity index is 928. The number of fused-ring (bicyclic) bond motifs is 1. The molecule has 1 atom stereocenters. The lowest BCUT2D eigenvalue weighted by atomic mass is 10.1. The summed E-state index contributed by atoms with van der Waals surface area (Å²) in [4.78, 5) is 25.5. The number of nitrogens with zero attached hydrogens (tertiary/aromatic N) is 2. The minimum absolute atomic E-state index is 0.241. The second kappa shape index (κ2) is 6.68. The molecule has 0 saturated carbocycles. The molecule has 3 aromatic rings. The van der Waals surface area contributed by atoms with Gasteiger partial charge in [0.1, 0.15) is 4.83 Å². The smallest absolute Gasteiger partial charge is 0.330 e. The van der Waals surface area contributed by atoms with Crippen molar-refractivity contribution in [3.05, 3.63) is 52.5 Å². The highest BCUT2D eigenvalue weighted by molar-refractivity contribution is 7.20. The van der Waals surface area contributed by atoms with E-state index in [-0.39, 0.29) is 5.92 Å². The van der Waals surface area contributed by atoms with E-state index in [1.807, 2.05) is 7.05 Å². The number of amides is 1. The molecule has 3 rings (SSSR count). The summed E-state index contributed by atoms with van der Waals surface area (Å²) < 4.78 is 1.76. The van der Waals surface area contributed by atoms with Crippen LogP contribution in [0.2, 0.25) is 0 Å². The van der Waals surface area contributed by atoms with Gasteiger partial charge in [0.2, 0.25) is 0 Å².